The molecule has 12 heteroatoms. The maximum atomic E-state index is 6.12. The van der Waals surface area contributed by atoms with Crippen molar-refractivity contribution in [1.82, 2.24) is 21.3 Å². The maximum Gasteiger partial charge on any atom is 0.119 e. The molecule has 4 saturated heterocycles. The van der Waals surface area contributed by atoms with Crippen molar-refractivity contribution in [2.45, 2.75) is 105 Å². The van der Waals surface area contributed by atoms with E-state index in [4.69, 9.17) is 65.4 Å². The summed E-state index contributed by atoms with van der Waals surface area (Å²) in [7, 11) is 0. The van der Waals surface area contributed by atoms with Gasteiger partial charge in [0.25, 0.3) is 0 Å². The highest BCUT2D eigenvalue weighted by molar-refractivity contribution is 6.31. The summed E-state index contributed by atoms with van der Waals surface area (Å²) in [6.07, 6.45) is 5.95. The van der Waals surface area contributed by atoms with Gasteiger partial charge < -0.3 is 40.2 Å². The van der Waals surface area contributed by atoms with Crippen LogP contribution < -0.4 is 40.2 Å². The van der Waals surface area contributed by atoms with Crippen LogP contribution in [-0.4, -0.2) is 76.8 Å². The van der Waals surface area contributed by atoms with Gasteiger partial charge >= 0.3 is 0 Å². The molecule has 8 rings (SSSR count). The first kappa shape index (κ1) is 56.0. The average molecular weight is 1020 g/mol. The van der Waals surface area contributed by atoms with Crippen molar-refractivity contribution in [3.8, 4) is 23.0 Å². The highest BCUT2D eigenvalue weighted by Gasteiger charge is 2.32. The molecule has 4 aromatic carbocycles. The smallest absolute Gasteiger partial charge is 0.119 e. The Bertz CT molecular complexity index is 1660. The average Bonchev–Trinajstić information content (AvgIpc) is 4.19. The number of nitrogens with one attached hydrogen (secondary N) is 4. The minimum absolute atomic E-state index is 0.283. The van der Waals surface area contributed by atoms with Crippen LogP contribution in [-0.2, 0) is 0 Å². The lowest BCUT2D eigenvalue weighted by atomic mass is 9.92. The van der Waals surface area contributed by atoms with Gasteiger partial charge in [-0.3, -0.25) is 0 Å². The van der Waals surface area contributed by atoms with Crippen molar-refractivity contribution in [3.63, 3.8) is 0 Å². The van der Waals surface area contributed by atoms with Gasteiger partial charge in [-0.15, -0.1) is 0 Å². The van der Waals surface area contributed by atoms with Crippen LogP contribution in [0.3, 0.4) is 0 Å². The summed E-state index contributed by atoms with van der Waals surface area (Å²) in [5.41, 5.74) is 0. The third-order valence-electron chi connectivity index (χ3n) is 13.2. The van der Waals surface area contributed by atoms with Crippen LogP contribution in [0.25, 0.3) is 0 Å². The van der Waals surface area contributed by atoms with E-state index in [2.05, 4.69) is 76.7 Å². The Labute approximate surface area is 429 Å². The Balaban J connectivity index is 0.000000169. The minimum atomic E-state index is 0.283. The first-order valence-corrected chi connectivity index (χ1v) is 26.7. The van der Waals surface area contributed by atoms with Crippen LogP contribution in [0.1, 0.15) is 81.1 Å². The van der Waals surface area contributed by atoms with E-state index in [0.29, 0.717) is 47.3 Å². The van der Waals surface area contributed by atoms with E-state index in [0.717, 1.165) is 95.4 Å². The van der Waals surface area contributed by atoms with Crippen molar-refractivity contribution in [1.29, 1.82) is 0 Å². The molecule has 0 amide bonds. The molecule has 4 fully saturated rings. The molecule has 376 valence electrons. The number of halogens is 4. The van der Waals surface area contributed by atoms with Gasteiger partial charge in [-0.25, -0.2) is 0 Å². The highest BCUT2D eigenvalue weighted by atomic mass is 35.5. The van der Waals surface area contributed by atoms with Gasteiger partial charge in [0.05, 0.1) is 0 Å². The number of hydrogen-bond acceptors (Lipinski definition) is 8. The van der Waals surface area contributed by atoms with Crippen LogP contribution >= 0.6 is 46.4 Å². The molecule has 4 aromatic rings. The van der Waals surface area contributed by atoms with Gasteiger partial charge in [-0.1, -0.05) is 102 Å². The molecule has 4 aliphatic heterocycles. The van der Waals surface area contributed by atoms with Gasteiger partial charge in [0.1, 0.15) is 47.4 Å². The van der Waals surface area contributed by atoms with Gasteiger partial charge in [-0.2, -0.15) is 0 Å². The zero-order chi connectivity index (χ0) is 49.0. The molecule has 0 spiro atoms. The second-order valence-corrected chi connectivity index (χ2v) is 21.9. The Morgan fingerprint density at radius 2 is 0.500 bits per heavy atom. The summed E-state index contributed by atoms with van der Waals surface area (Å²) in [5.74, 6) is 8.23. The molecule has 0 bridgehead atoms. The normalized spacial score (nSPS) is 21.8. The molecule has 0 unspecified atom stereocenters. The maximum absolute atomic E-state index is 6.12. The molecule has 8 atom stereocenters. The van der Waals surface area contributed by atoms with Crippen LogP contribution in [0.5, 0.6) is 23.0 Å². The molecule has 8 nitrogen and oxygen atoms in total. The van der Waals surface area contributed by atoms with Crippen molar-refractivity contribution >= 4 is 46.4 Å². The van der Waals surface area contributed by atoms with E-state index < -0.39 is 0 Å². The summed E-state index contributed by atoms with van der Waals surface area (Å²) >= 11 is 23.5. The predicted octanol–water partition coefficient (Wildman–Crippen LogP) is 13.4. The van der Waals surface area contributed by atoms with Crippen LogP contribution in [0.15, 0.2) is 97.1 Å². The number of benzene rings is 4. The lowest BCUT2D eigenvalue weighted by molar-refractivity contribution is 0.0973. The van der Waals surface area contributed by atoms with E-state index in [1.807, 2.05) is 97.1 Å². The third kappa shape index (κ3) is 19.0. The van der Waals surface area contributed by atoms with Gasteiger partial charge in [-0.05, 0) is 173 Å². The monoisotopic (exact) mass is 1010 g/mol. The van der Waals surface area contributed by atoms with Crippen LogP contribution in [0.4, 0.5) is 0 Å². The van der Waals surface area contributed by atoms with E-state index in [-0.39, 0.29) is 24.4 Å². The van der Waals surface area contributed by atoms with Gasteiger partial charge in [0.2, 0.25) is 0 Å². The van der Waals surface area contributed by atoms with Crippen LogP contribution in [0, 0.1) is 47.3 Å². The number of hydrogen-bond donors (Lipinski definition) is 4. The van der Waals surface area contributed by atoms with Gasteiger partial charge in [0.15, 0.2) is 0 Å². The Morgan fingerprint density at radius 1 is 0.324 bits per heavy atom. The molecule has 4 heterocycles. The van der Waals surface area contributed by atoms with E-state index in [1.165, 1.54) is 25.7 Å². The fourth-order valence-electron chi connectivity index (χ4n) is 9.62. The SMILES string of the molecule is CC(C)[C@@H](Oc1ccc(Cl)cc1)[C@@H]1CCNC1.CC(C)[C@@H](Oc1ccc(Cl)cc1)[C@H]1CCNC1.CC(C)[C@H](Oc1ccc(Cl)cc1)[C@@H]1CCNC1.CC(C)[C@H](Oc1ccc(Cl)cc1)[C@H]1CCNC1. The fraction of sp³-hybridized carbons (Fsp3) is 0.571. The first-order valence-electron chi connectivity index (χ1n) is 25.2. The number of rotatable bonds is 16. The topological polar surface area (TPSA) is 85.0 Å². The van der Waals surface area contributed by atoms with Crippen molar-refractivity contribution in [3.05, 3.63) is 117 Å². The number of ether oxygens (including phenoxy) is 4. The fourth-order valence-corrected chi connectivity index (χ4v) is 10.1. The quantitative estimate of drug-likeness (QED) is 0.0883. The zero-order valence-electron chi connectivity index (χ0n) is 41.8. The zero-order valence-corrected chi connectivity index (χ0v) is 44.8. The van der Waals surface area contributed by atoms with Gasteiger partial charge in [0, 0.05) is 69.9 Å². The first-order chi connectivity index (χ1) is 32.7. The van der Waals surface area contributed by atoms with Crippen molar-refractivity contribution in [2.75, 3.05) is 52.4 Å². The molecule has 0 saturated carbocycles. The molecule has 4 aliphatic rings. The Kier molecular flexibility index (Phi) is 24.2. The third-order valence-corrected chi connectivity index (χ3v) is 14.2. The summed E-state index contributed by atoms with van der Waals surface area (Å²) in [5, 5.41) is 16.6. The molecule has 4 N–H and O–H groups in total. The van der Waals surface area contributed by atoms with E-state index >= 15 is 0 Å². The van der Waals surface area contributed by atoms with Crippen molar-refractivity contribution < 1.29 is 18.9 Å². The minimum Gasteiger partial charge on any atom is -0.490 e. The molecular weight excluding hydrogens is 934 g/mol. The summed E-state index contributed by atoms with van der Waals surface area (Å²) in [4.78, 5) is 0. The summed E-state index contributed by atoms with van der Waals surface area (Å²) in [6.45, 7) is 26.5. The second-order valence-electron chi connectivity index (χ2n) is 20.1. The van der Waals surface area contributed by atoms with E-state index in [9.17, 15) is 0 Å². The standard InChI is InChI=1S/4C14H20ClNO/c4*1-10(2)14(11-7-8-16-9-11)17-13-5-3-12(15)4-6-13/h4*3-6,10-11,14,16H,7-9H2,1-2H3/t2*11-,14+;2*11-,14-/m1010/s1. The molecule has 68 heavy (non-hydrogen) atoms. The van der Waals surface area contributed by atoms with E-state index in [1.54, 1.807) is 0 Å². The highest BCUT2D eigenvalue weighted by Crippen LogP contribution is 2.30. The largest absolute Gasteiger partial charge is 0.490 e. The lowest BCUT2D eigenvalue weighted by Crippen LogP contribution is -2.33. The summed E-state index contributed by atoms with van der Waals surface area (Å²) < 4.78 is 24.5. The Morgan fingerprint density at radius 3 is 0.632 bits per heavy atom. The predicted molar refractivity (Wildman–Crippen MR) is 287 cm³/mol. The molecule has 0 aliphatic carbocycles. The molecule has 0 radical (unpaired) electrons. The summed E-state index contributed by atoms with van der Waals surface area (Å²) in [6, 6.07) is 30.6. The Hall–Kier alpha value is -2.92. The van der Waals surface area contributed by atoms with Crippen molar-refractivity contribution in [2.24, 2.45) is 47.3 Å². The molecule has 0 aromatic heterocycles. The van der Waals surface area contributed by atoms with Crippen LogP contribution in [0.2, 0.25) is 20.1 Å². The molecular formula is C56H80Cl4N4O4. The lowest BCUT2D eigenvalue weighted by Gasteiger charge is -2.27. The second kappa shape index (κ2) is 29.4.